The molecular formula is C22H24N4O3. The standard InChI is InChI=1S/C22H24N4O3/c1-4-26(15-16-8-6-5-7-9-16)22-23-13-12-18(25-22)21(27)24-19-14-17(28-2)10-11-20(19)29-3/h5-14H,4,15H2,1-3H3,(H,24,27). The Labute approximate surface area is 170 Å². The maximum atomic E-state index is 12.8. The molecule has 1 aromatic heterocycles. The second-order valence-corrected chi connectivity index (χ2v) is 6.26. The number of benzene rings is 2. The Hall–Kier alpha value is -3.61. The molecule has 0 aliphatic heterocycles. The number of amides is 1. The quantitative estimate of drug-likeness (QED) is 0.629. The molecule has 0 bridgehead atoms. The lowest BCUT2D eigenvalue weighted by atomic mass is 10.2. The second kappa shape index (κ2) is 9.54. The van der Waals surface area contributed by atoms with Crippen molar-refractivity contribution in [3.63, 3.8) is 0 Å². The topological polar surface area (TPSA) is 76.6 Å². The summed E-state index contributed by atoms with van der Waals surface area (Å²) in [6, 6.07) is 16.9. The van der Waals surface area contributed by atoms with Gasteiger partial charge in [-0.15, -0.1) is 0 Å². The van der Waals surface area contributed by atoms with E-state index in [9.17, 15) is 4.79 Å². The molecule has 1 heterocycles. The summed E-state index contributed by atoms with van der Waals surface area (Å²) in [6.45, 7) is 3.40. The zero-order chi connectivity index (χ0) is 20.6. The van der Waals surface area contributed by atoms with Crippen molar-refractivity contribution >= 4 is 17.5 Å². The van der Waals surface area contributed by atoms with Crippen LogP contribution in [-0.4, -0.2) is 36.6 Å². The van der Waals surface area contributed by atoms with Gasteiger partial charge in [0.25, 0.3) is 5.91 Å². The van der Waals surface area contributed by atoms with Gasteiger partial charge in [-0.1, -0.05) is 30.3 Å². The van der Waals surface area contributed by atoms with Crippen molar-refractivity contribution in [2.45, 2.75) is 13.5 Å². The van der Waals surface area contributed by atoms with Crippen LogP contribution in [-0.2, 0) is 6.54 Å². The summed E-state index contributed by atoms with van der Waals surface area (Å²) in [5, 5.41) is 2.83. The molecule has 150 valence electrons. The Kier molecular flexibility index (Phi) is 6.63. The van der Waals surface area contributed by atoms with Crippen LogP contribution >= 0.6 is 0 Å². The molecule has 7 nitrogen and oxygen atoms in total. The van der Waals surface area contributed by atoms with E-state index in [1.165, 1.54) is 0 Å². The minimum atomic E-state index is -0.351. The van der Waals surface area contributed by atoms with E-state index in [2.05, 4.69) is 15.3 Å². The van der Waals surface area contributed by atoms with Crippen LogP contribution in [0.4, 0.5) is 11.6 Å². The highest BCUT2D eigenvalue weighted by Gasteiger charge is 2.15. The van der Waals surface area contributed by atoms with E-state index in [1.54, 1.807) is 44.7 Å². The Morgan fingerprint density at radius 2 is 1.86 bits per heavy atom. The zero-order valence-electron chi connectivity index (χ0n) is 16.8. The average molecular weight is 392 g/mol. The highest BCUT2D eigenvalue weighted by Crippen LogP contribution is 2.29. The fraction of sp³-hybridized carbons (Fsp3) is 0.227. The maximum Gasteiger partial charge on any atom is 0.274 e. The SMILES string of the molecule is CCN(Cc1ccccc1)c1nccc(C(=O)Nc2cc(OC)ccc2OC)n1. The van der Waals surface area contributed by atoms with Crippen molar-refractivity contribution < 1.29 is 14.3 Å². The molecule has 0 fully saturated rings. The number of anilines is 2. The molecule has 0 unspecified atom stereocenters. The molecule has 0 aliphatic carbocycles. The van der Waals surface area contributed by atoms with E-state index in [1.807, 2.05) is 42.2 Å². The first-order chi connectivity index (χ1) is 14.1. The summed E-state index contributed by atoms with van der Waals surface area (Å²) < 4.78 is 10.5. The van der Waals surface area contributed by atoms with Crippen LogP contribution in [0.2, 0.25) is 0 Å². The number of aromatic nitrogens is 2. The van der Waals surface area contributed by atoms with E-state index >= 15 is 0 Å². The Bertz CT molecular complexity index is 963. The molecule has 2 aromatic carbocycles. The summed E-state index contributed by atoms with van der Waals surface area (Å²) in [4.78, 5) is 23.6. The summed E-state index contributed by atoms with van der Waals surface area (Å²) >= 11 is 0. The number of carbonyl (C=O) groups is 1. The maximum absolute atomic E-state index is 12.8. The van der Waals surface area contributed by atoms with Gasteiger partial charge in [-0.2, -0.15) is 0 Å². The van der Waals surface area contributed by atoms with Gasteiger partial charge in [-0.3, -0.25) is 4.79 Å². The average Bonchev–Trinajstić information content (AvgIpc) is 2.78. The minimum absolute atomic E-state index is 0.270. The van der Waals surface area contributed by atoms with Gasteiger partial charge in [0, 0.05) is 25.4 Å². The summed E-state index contributed by atoms with van der Waals surface area (Å²) in [6.07, 6.45) is 1.59. The van der Waals surface area contributed by atoms with Crippen LogP contribution in [0, 0.1) is 0 Å². The fourth-order valence-corrected chi connectivity index (χ4v) is 2.85. The van der Waals surface area contributed by atoms with E-state index in [0.717, 1.165) is 5.56 Å². The molecule has 0 saturated heterocycles. The van der Waals surface area contributed by atoms with Gasteiger partial charge in [-0.05, 0) is 30.7 Å². The van der Waals surface area contributed by atoms with E-state index in [-0.39, 0.29) is 11.6 Å². The molecule has 0 aliphatic rings. The Balaban J connectivity index is 1.80. The molecule has 0 atom stereocenters. The summed E-state index contributed by atoms with van der Waals surface area (Å²) in [5.41, 5.74) is 1.92. The third kappa shape index (κ3) is 5.01. The zero-order valence-corrected chi connectivity index (χ0v) is 16.8. The normalized spacial score (nSPS) is 10.3. The minimum Gasteiger partial charge on any atom is -0.497 e. The van der Waals surface area contributed by atoms with Crippen molar-refractivity contribution in [2.24, 2.45) is 0 Å². The van der Waals surface area contributed by atoms with Gasteiger partial charge in [0.2, 0.25) is 5.95 Å². The number of hydrogen-bond acceptors (Lipinski definition) is 6. The molecule has 3 aromatic rings. The first kappa shape index (κ1) is 20.1. The lowest BCUT2D eigenvalue weighted by molar-refractivity contribution is 0.102. The Morgan fingerprint density at radius 3 is 2.55 bits per heavy atom. The molecule has 3 rings (SSSR count). The molecule has 0 radical (unpaired) electrons. The smallest absolute Gasteiger partial charge is 0.274 e. The van der Waals surface area contributed by atoms with Gasteiger partial charge in [-0.25, -0.2) is 9.97 Å². The summed E-state index contributed by atoms with van der Waals surface area (Å²) in [7, 11) is 3.11. The lowest BCUT2D eigenvalue weighted by Crippen LogP contribution is -2.25. The first-order valence-corrected chi connectivity index (χ1v) is 9.30. The van der Waals surface area contributed by atoms with Crippen LogP contribution in [0.3, 0.4) is 0 Å². The van der Waals surface area contributed by atoms with Crippen LogP contribution in [0.25, 0.3) is 0 Å². The van der Waals surface area contributed by atoms with E-state index in [4.69, 9.17) is 9.47 Å². The molecule has 7 heteroatoms. The van der Waals surface area contributed by atoms with Crippen LogP contribution in [0.1, 0.15) is 23.0 Å². The van der Waals surface area contributed by atoms with Crippen LogP contribution in [0.15, 0.2) is 60.8 Å². The van der Waals surface area contributed by atoms with E-state index in [0.29, 0.717) is 36.2 Å². The monoisotopic (exact) mass is 392 g/mol. The van der Waals surface area contributed by atoms with Gasteiger partial charge < -0.3 is 19.7 Å². The number of methoxy groups -OCH3 is 2. The third-order valence-corrected chi connectivity index (χ3v) is 4.41. The van der Waals surface area contributed by atoms with Crippen molar-refractivity contribution in [3.05, 3.63) is 72.1 Å². The molecule has 1 amide bonds. The predicted octanol–water partition coefficient (Wildman–Crippen LogP) is 3.77. The Morgan fingerprint density at radius 1 is 1.07 bits per heavy atom. The van der Waals surface area contributed by atoms with Crippen LogP contribution in [0.5, 0.6) is 11.5 Å². The molecule has 29 heavy (non-hydrogen) atoms. The summed E-state index contributed by atoms with van der Waals surface area (Å²) in [5.74, 6) is 1.30. The van der Waals surface area contributed by atoms with Crippen molar-refractivity contribution in [3.8, 4) is 11.5 Å². The van der Waals surface area contributed by atoms with Crippen molar-refractivity contribution in [1.29, 1.82) is 0 Å². The van der Waals surface area contributed by atoms with Gasteiger partial charge >= 0.3 is 0 Å². The van der Waals surface area contributed by atoms with E-state index < -0.39 is 0 Å². The lowest BCUT2D eigenvalue weighted by Gasteiger charge is -2.21. The number of nitrogens with zero attached hydrogens (tertiary/aromatic N) is 3. The number of ether oxygens (including phenoxy) is 2. The molecule has 1 N–H and O–H groups in total. The van der Waals surface area contributed by atoms with Gasteiger partial charge in [0.05, 0.1) is 19.9 Å². The third-order valence-electron chi connectivity index (χ3n) is 4.41. The van der Waals surface area contributed by atoms with Gasteiger partial charge in [0.1, 0.15) is 17.2 Å². The molecule has 0 saturated carbocycles. The molecule has 0 spiro atoms. The van der Waals surface area contributed by atoms with Crippen molar-refractivity contribution in [1.82, 2.24) is 9.97 Å². The molecular weight excluding hydrogens is 368 g/mol. The highest BCUT2D eigenvalue weighted by molar-refractivity contribution is 6.03. The first-order valence-electron chi connectivity index (χ1n) is 9.30. The number of carbonyl (C=O) groups excluding carboxylic acids is 1. The van der Waals surface area contributed by atoms with Crippen LogP contribution < -0.4 is 19.7 Å². The number of nitrogens with one attached hydrogen (secondary N) is 1. The van der Waals surface area contributed by atoms with Gasteiger partial charge in [0.15, 0.2) is 0 Å². The highest BCUT2D eigenvalue weighted by atomic mass is 16.5. The van der Waals surface area contributed by atoms with Crippen molar-refractivity contribution in [2.75, 3.05) is 31.0 Å². The second-order valence-electron chi connectivity index (χ2n) is 6.26. The fourth-order valence-electron chi connectivity index (χ4n) is 2.85. The number of rotatable bonds is 8. The largest absolute Gasteiger partial charge is 0.497 e. The predicted molar refractivity (Wildman–Crippen MR) is 113 cm³/mol. The number of hydrogen-bond donors (Lipinski definition) is 1.